The van der Waals surface area contributed by atoms with Crippen LogP contribution in [0.25, 0.3) is 6.08 Å². The molecule has 3 aromatic rings. The van der Waals surface area contributed by atoms with E-state index in [0.29, 0.717) is 42.7 Å². The SMILES string of the molecule is Nc1ccccc1NC(=O)/C=C/c1ccc(C(NCCN2C[C@H]3C[C@@H]2CO3)C(=O)Nc2ccc(C(F)(F)F)c(Cl)c2)cc1. The maximum atomic E-state index is 13.4. The largest absolute Gasteiger partial charge is 0.417 e. The van der Waals surface area contributed by atoms with E-state index < -0.39 is 28.7 Å². The van der Waals surface area contributed by atoms with E-state index in [1.165, 1.54) is 12.1 Å². The summed E-state index contributed by atoms with van der Waals surface area (Å²) < 4.78 is 45.1. The van der Waals surface area contributed by atoms with Gasteiger partial charge in [0.1, 0.15) is 6.04 Å². The summed E-state index contributed by atoms with van der Waals surface area (Å²) in [7, 11) is 0. The molecule has 5 N–H and O–H groups in total. The second-order valence-electron chi connectivity index (χ2n) is 10.5. The maximum absolute atomic E-state index is 13.4. The number of amides is 2. The van der Waals surface area contributed by atoms with Crippen molar-refractivity contribution >= 4 is 46.6 Å². The summed E-state index contributed by atoms with van der Waals surface area (Å²) in [6.07, 6.45) is -0.331. The van der Waals surface area contributed by atoms with E-state index in [4.69, 9.17) is 22.1 Å². The number of likely N-dealkylation sites (tertiary alicyclic amines) is 1. The summed E-state index contributed by atoms with van der Waals surface area (Å²) in [5, 5.41) is 8.20. The van der Waals surface area contributed by atoms with Gasteiger partial charge < -0.3 is 26.4 Å². The van der Waals surface area contributed by atoms with E-state index in [-0.39, 0.29) is 17.7 Å². The Morgan fingerprint density at radius 2 is 1.86 bits per heavy atom. The molecule has 3 atom stereocenters. The average molecular weight is 614 g/mol. The highest BCUT2D eigenvalue weighted by Gasteiger charge is 2.38. The lowest BCUT2D eigenvalue weighted by Gasteiger charge is -2.27. The number of morpholine rings is 1. The number of nitrogens with zero attached hydrogens (tertiary/aromatic N) is 1. The molecule has 226 valence electrons. The van der Waals surface area contributed by atoms with Crippen molar-refractivity contribution in [2.24, 2.45) is 0 Å². The molecule has 2 fully saturated rings. The molecule has 3 aromatic carbocycles. The van der Waals surface area contributed by atoms with Crippen LogP contribution in [0.1, 0.15) is 29.2 Å². The van der Waals surface area contributed by atoms with Crippen molar-refractivity contribution in [2.75, 3.05) is 42.6 Å². The summed E-state index contributed by atoms with van der Waals surface area (Å²) in [5.74, 6) is -0.803. The van der Waals surface area contributed by atoms with E-state index >= 15 is 0 Å². The minimum Gasteiger partial charge on any atom is -0.397 e. The molecule has 0 saturated carbocycles. The van der Waals surface area contributed by atoms with Gasteiger partial charge >= 0.3 is 6.18 Å². The number of hydrogen-bond acceptors (Lipinski definition) is 6. The van der Waals surface area contributed by atoms with E-state index in [9.17, 15) is 22.8 Å². The molecule has 2 aliphatic rings. The highest BCUT2D eigenvalue weighted by atomic mass is 35.5. The van der Waals surface area contributed by atoms with Gasteiger partial charge in [0.05, 0.1) is 34.7 Å². The summed E-state index contributed by atoms with van der Waals surface area (Å²) in [6.45, 7) is 2.76. The van der Waals surface area contributed by atoms with Crippen LogP contribution in [0, 0.1) is 0 Å². The molecule has 5 rings (SSSR count). The number of hydrogen-bond donors (Lipinski definition) is 4. The molecular weight excluding hydrogens is 583 g/mol. The van der Waals surface area contributed by atoms with Crippen LogP contribution in [0.3, 0.4) is 0 Å². The summed E-state index contributed by atoms with van der Waals surface area (Å²) in [5.41, 5.74) is 7.37. The predicted octanol–water partition coefficient (Wildman–Crippen LogP) is 5.34. The Labute approximate surface area is 252 Å². The zero-order valence-electron chi connectivity index (χ0n) is 23.0. The topological polar surface area (TPSA) is 109 Å². The molecular formula is C31H31ClF3N5O3. The summed E-state index contributed by atoms with van der Waals surface area (Å²) in [4.78, 5) is 28.1. The van der Waals surface area contributed by atoms with Crippen molar-refractivity contribution in [2.45, 2.75) is 30.8 Å². The Hall–Kier alpha value is -3.90. The number of anilines is 3. The number of alkyl halides is 3. The van der Waals surface area contributed by atoms with Crippen molar-refractivity contribution in [1.29, 1.82) is 0 Å². The van der Waals surface area contributed by atoms with Crippen LogP contribution >= 0.6 is 11.6 Å². The highest BCUT2D eigenvalue weighted by Crippen LogP contribution is 2.36. The first-order valence-electron chi connectivity index (χ1n) is 13.8. The van der Waals surface area contributed by atoms with E-state index in [1.807, 2.05) is 0 Å². The molecule has 2 heterocycles. The number of nitrogens with two attached hydrogens (primary N) is 1. The normalized spacial score (nSPS) is 19.1. The molecule has 12 heteroatoms. The molecule has 2 aliphatic heterocycles. The molecule has 0 spiro atoms. The standard InChI is InChI=1S/C31H31ClF3N5O3/c32-25-15-21(10-11-24(25)31(33,34)35)38-30(42)29(37-13-14-40-17-23-16-22(40)18-43-23)20-8-5-19(6-9-20)7-12-28(41)39-27-4-2-1-3-26(27)36/h1-12,15,22-23,29,37H,13-14,16-18,36H2,(H,38,42)(H,39,41)/b12-7+/t22-,23-,29?/m1/s1. The van der Waals surface area contributed by atoms with E-state index in [1.54, 1.807) is 54.6 Å². The highest BCUT2D eigenvalue weighted by molar-refractivity contribution is 6.31. The number of carbonyl (C=O) groups excluding carboxylic acids is 2. The van der Waals surface area contributed by atoms with Crippen molar-refractivity contribution < 1.29 is 27.5 Å². The van der Waals surface area contributed by atoms with Gasteiger partial charge in [0.2, 0.25) is 11.8 Å². The number of benzene rings is 3. The predicted molar refractivity (Wildman–Crippen MR) is 161 cm³/mol. The lowest BCUT2D eigenvalue weighted by atomic mass is 10.0. The van der Waals surface area contributed by atoms with Crippen molar-refractivity contribution in [3.05, 3.63) is 94.5 Å². The van der Waals surface area contributed by atoms with Crippen LogP contribution in [-0.2, 0) is 20.5 Å². The first kappa shape index (κ1) is 30.6. The van der Waals surface area contributed by atoms with Crippen LogP contribution in [0.4, 0.5) is 30.2 Å². The van der Waals surface area contributed by atoms with Crippen LogP contribution in [-0.4, -0.2) is 55.1 Å². The van der Waals surface area contributed by atoms with E-state index in [2.05, 4.69) is 20.9 Å². The Bertz CT molecular complexity index is 1500. The second-order valence-corrected chi connectivity index (χ2v) is 10.9. The third-order valence-corrected chi connectivity index (χ3v) is 7.79. The molecule has 0 aliphatic carbocycles. The van der Waals surface area contributed by atoms with Crippen molar-refractivity contribution in [1.82, 2.24) is 10.2 Å². The monoisotopic (exact) mass is 613 g/mol. The Morgan fingerprint density at radius 3 is 2.51 bits per heavy atom. The summed E-state index contributed by atoms with van der Waals surface area (Å²) in [6, 6.07) is 16.7. The lowest BCUT2D eigenvalue weighted by molar-refractivity contribution is -0.137. The molecule has 8 nitrogen and oxygen atoms in total. The first-order valence-corrected chi connectivity index (χ1v) is 14.1. The van der Waals surface area contributed by atoms with Crippen molar-refractivity contribution in [3.63, 3.8) is 0 Å². The number of carbonyl (C=O) groups is 2. The number of para-hydroxylation sites is 2. The number of rotatable bonds is 10. The molecule has 43 heavy (non-hydrogen) atoms. The van der Waals surface area contributed by atoms with Gasteiger partial charge in [-0.2, -0.15) is 13.2 Å². The van der Waals surface area contributed by atoms with Crippen LogP contribution in [0.15, 0.2) is 72.8 Å². The Morgan fingerprint density at radius 1 is 1.09 bits per heavy atom. The van der Waals surface area contributed by atoms with Crippen LogP contribution in [0.5, 0.6) is 0 Å². The van der Waals surface area contributed by atoms with Crippen LogP contribution in [0.2, 0.25) is 5.02 Å². The smallest absolute Gasteiger partial charge is 0.397 e. The average Bonchev–Trinajstić information content (AvgIpc) is 3.59. The number of fused-ring (bicyclic) bond motifs is 2. The zero-order valence-corrected chi connectivity index (χ0v) is 23.8. The third kappa shape index (κ3) is 7.74. The van der Waals surface area contributed by atoms with Crippen LogP contribution < -0.4 is 21.7 Å². The van der Waals surface area contributed by atoms with Gasteiger partial charge in [-0.25, -0.2) is 0 Å². The Kier molecular flexibility index (Phi) is 9.36. The lowest BCUT2D eigenvalue weighted by Crippen LogP contribution is -2.43. The quantitative estimate of drug-likeness (QED) is 0.182. The summed E-state index contributed by atoms with van der Waals surface area (Å²) >= 11 is 5.86. The zero-order chi connectivity index (χ0) is 30.6. The third-order valence-electron chi connectivity index (χ3n) is 7.48. The van der Waals surface area contributed by atoms with Gasteiger partial charge in [-0.05, 0) is 54.0 Å². The fourth-order valence-corrected chi connectivity index (χ4v) is 5.55. The fourth-order valence-electron chi connectivity index (χ4n) is 5.26. The number of nitrogens with one attached hydrogen (secondary N) is 3. The Balaban J connectivity index is 1.27. The van der Waals surface area contributed by atoms with Crippen molar-refractivity contribution in [3.8, 4) is 0 Å². The number of nitrogen functional groups attached to an aromatic ring is 1. The van der Waals surface area contributed by atoms with Gasteiger partial charge in [0, 0.05) is 37.4 Å². The maximum Gasteiger partial charge on any atom is 0.417 e. The van der Waals surface area contributed by atoms with Gasteiger partial charge in [-0.3, -0.25) is 14.5 Å². The fraction of sp³-hybridized carbons (Fsp3) is 0.290. The van der Waals surface area contributed by atoms with E-state index in [0.717, 1.165) is 30.7 Å². The number of ether oxygens (including phenoxy) is 1. The molecule has 2 saturated heterocycles. The second kappa shape index (κ2) is 13.2. The van der Waals surface area contributed by atoms with Gasteiger partial charge in [-0.15, -0.1) is 0 Å². The molecule has 2 amide bonds. The van der Waals surface area contributed by atoms with Gasteiger partial charge in [0.15, 0.2) is 0 Å². The molecule has 0 aromatic heterocycles. The number of halogens is 4. The molecule has 2 bridgehead atoms. The minimum atomic E-state index is -4.60. The van der Waals surface area contributed by atoms with Gasteiger partial charge in [0.25, 0.3) is 0 Å². The van der Waals surface area contributed by atoms with Gasteiger partial charge in [-0.1, -0.05) is 48.0 Å². The first-order chi connectivity index (χ1) is 20.6. The molecule has 1 unspecified atom stereocenters. The minimum absolute atomic E-state index is 0.147. The molecule has 0 radical (unpaired) electrons.